The summed E-state index contributed by atoms with van der Waals surface area (Å²) in [6.45, 7) is 0.337. The van der Waals surface area contributed by atoms with Crippen LogP contribution in [0.3, 0.4) is 0 Å². The second-order valence-corrected chi connectivity index (χ2v) is 3.52. The van der Waals surface area contributed by atoms with Gasteiger partial charge in [-0.25, -0.2) is 0 Å². The van der Waals surface area contributed by atoms with Crippen molar-refractivity contribution in [3.05, 3.63) is 0 Å². The number of nitrogens with one attached hydrogen (secondary N) is 2. The Morgan fingerprint density at radius 3 is 2.64 bits per heavy atom. The lowest BCUT2D eigenvalue weighted by atomic mass is 10.3. The van der Waals surface area contributed by atoms with Crippen LogP contribution in [0.25, 0.3) is 0 Å². The third-order valence-corrected chi connectivity index (χ3v) is 1.97. The molecule has 0 aliphatic heterocycles. The molecule has 14 heavy (non-hydrogen) atoms. The number of rotatable bonds is 6. The number of hydrogen-bond donors (Lipinski definition) is 4. The molecule has 1 amide bonds. The average molecular weight is 219 g/mol. The summed E-state index contributed by atoms with van der Waals surface area (Å²) in [6.07, 6.45) is 0.450. The Kier molecular flexibility index (Phi) is 6.55. The van der Waals surface area contributed by atoms with Gasteiger partial charge in [-0.1, -0.05) is 11.8 Å². The normalized spacial score (nSPS) is 9.43. The molecule has 0 atom stereocenters. The van der Waals surface area contributed by atoms with E-state index in [4.69, 9.17) is 16.2 Å². The summed E-state index contributed by atoms with van der Waals surface area (Å²) in [6, 6.07) is 0. The van der Waals surface area contributed by atoms with Crippen LogP contribution in [0.1, 0.15) is 12.8 Å². The summed E-state index contributed by atoms with van der Waals surface area (Å²) < 4.78 is 0. The van der Waals surface area contributed by atoms with Gasteiger partial charge in [0.15, 0.2) is 5.17 Å². The van der Waals surface area contributed by atoms with E-state index in [1.54, 1.807) is 0 Å². The van der Waals surface area contributed by atoms with Gasteiger partial charge in [0.2, 0.25) is 5.91 Å². The molecule has 0 spiro atoms. The van der Waals surface area contributed by atoms with Crippen LogP contribution in [-0.4, -0.2) is 34.4 Å². The van der Waals surface area contributed by atoms with E-state index in [1.807, 2.05) is 0 Å². The maximum atomic E-state index is 11.0. The summed E-state index contributed by atoms with van der Waals surface area (Å²) in [5, 5.41) is 17.5. The van der Waals surface area contributed by atoms with Crippen molar-refractivity contribution in [3.8, 4) is 0 Å². The first-order chi connectivity index (χ1) is 6.52. The van der Waals surface area contributed by atoms with Crippen molar-refractivity contribution in [3.63, 3.8) is 0 Å². The van der Waals surface area contributed by atoms with Gasteiger partial charge in [-0.3, -0.25) is 15.0 Å². The van der Waals surface area contributed by atoms with Crippen LogP contribution in [0.4, 0.5) is 0 Å². The van der Waals surface area contributed by atoms with E-state index in [0.717, 1.165) is 11.8 Å². The van der Waals surface area contributed by atoms with E-state index in [-0.39, 0.29) is 23.2 Å². The quantitative estimate of drug-likeness (QED) is 0.275. The minimum absolute atomic E-state index is 0.0418. The van der Waals surface area contributed by atoms with Crippen molar-refractivity contribution in [2.24, 2.45) is 5.73 Å². The molecule has 0 fully saturated rings. The van der Waals surface area contributed by atoms with Crippen molar-refractivity contribution in [2.45, 2.75) is 12.8 Å². The van der Waals surface area contributed by atoms with Crippen molar-refractivity contribution >= 4 is 28.8 Å². The molecule has 7 heteroatoms. The smallest absolute Gasteiger partial charge is 0.303 e. The molecule has 0 saturated heterocycles. The van der Waals surface area contributed by atoms with E-state index in [1.165, 1.54) is 0 Å². The lowest BCUT2D eigenvalue weighted by Gasteiger charge is -2.02. The molecule has 5 N–H and O–H groups in total. The van der Waals surface area contributed by atoms with Crippen LogP contribution < -0.4 is 11.1 Å². The van der Waals surface area contributed by atoms with Crippen LogP contribution in [0.5, 0.6) is 0 Å². The number of carbonyl (C=O) groups excluding carboxylic acids is 1. The largest absolute Gasteiger partial charge is 0.481 e. The monoisotopic (exact) mass is 219 g/mol. The van der Waals surface area contributed by atoms with Crippen LogP contribution in [-0.2, 0) is 9.59 Å². The highest BCUT2D eigenvalue weighted by atomic mass is 32.2. The van der Waals surface area contributed by atoms with Crippen LogP contribution >= 0.6 is 11.8 Å². The first kappa shape index (κ1) is 12.8. The summed E-state index contributed by atoms with van der Waals surface area (Å²) in [4.78, 5) is 21.1. The van der Waals surface area contributed by atoms with E-state index in [2.05, 4.69) is 5.32 Å². The molecule has 0 heterocycles. The highest BCUT2D eigenvalue weighted by Gasteiger charge is 2.02. The standard InChI is InChI=1S/C7H13N3O3S/c8-7(9)14-4-5(11)10-3-1-2-6(12)13/h1-4H2,(H3,8,9)(H,10,11)(H,12,13). The predicted molar refractivity (Wildman–Crippen MR) is 54.3 cm³/mol. The molecule has 0 bridgehead atoms. The predicted octanol–water partition coefficient (Wildman–Crippen LogP) is -0.406. The SMILES string of the molecule is N=C(N)SCC(=O)NCCCC(=O)O. The zero-order valence-electron chi connectivity index (χ0n) is 7.58. The third-order valence-electron chi connectivity index (χ3n) is 1.25. The van der Waals surface area contributed by atoms with Crippen molar-refractivity contribution in [2.75, 3.05) is 12.3 Å². The van der Waals surface area contributed by atoms with Crippen molar-refractivity contribution in [1.82, 2.24) is 5.32 Å². The Hall–Kier alpha value is -1.24. The minimum atomic E-state index is -0.877. The maximum Gasteiger partial charge on any atom is 0.303 e. The molecule has 0 radical (unpaired) electrons. The number of carboxylic acids is 1. The number of aliphatic carboxylic acids is 1. The van der Waals surface area contributed by atoms with Gasteiger partial charge < -0.3 is 16.2 Å². The number of carbonyl (C=O) groups is 2. The number of amides is 1. The second-order valence-electron chi connectivity index (χ2n) is 2.50. The maximum absolute atomic E-state index is 11.0. The average Bonchev–Trinajstić information content (AvgIpc) is 2.08. The van der Waals surface area contributed by atoms with Crippen LogP contribution in [0, 0.1) is 5.41 Å². The molecule has 0 aromatic heterocycles. The zero-order chi connectivity index (χ0) is 11.0. The molecule has 0 aromatic carbocycles. The Bertz CT molecular complexity index is 232. The minimum Gasteiger partial charge on any atom is -0.481 e. The molecule has 80 valence electrons. The zero-order valence-corrected chi connectivity index (χ0v) is 8.39. The number of thioether (sulfide) groups is 1. The van der Waals surface area contributed by atoms with Gasteiger partial charge in [-0.2, -0.15) is 0 Å². The van der Waals surface area contributed by atoms with Crippen molar-refractivity contribution in [1.29, 1.82) is 5.41 Å². The molecule has 0 aromatic rings. The lowest BCUT2D eigenvalue weighted by molar-refractivity contribution is -0.137. The highest BCUT2D eigenvalue weighted by molar-refractivity contribution is 8.14. The van der Waals surface area contributed by atoms with Crippen LogP contribution in [0.2, 0.25) is 0 Å². The summed E-state index contributed by atoms with van der Waals surface area (Å²) in [5.41, 5.74) is 5.02. The topological polar surface area (TPSA) is 116 Å². The first-order valence-electron chi connectivity index (χ1n) is 3.97. The van der Waals surface area contributed by atoms with Crippen LogP contribution in [0.15, 0.2) is 0 Å². The Morgan fingerprint density at radius 2 is 2.14 bits per heavy atom. The molecule has 6 nitrogen and oxygen atoms in total. The van der Waals surface area contributed by atoms with E-state index >= 15 is 0 Å². The molecule has 0 aliphatic rings. The van der Waals surface area contributed by atoms with Gasteiger partial charge in [0, 0.05) is 13.0 Å². The van der Waals surface area contributed by atoms with E-state index in [9.17, 15) is 9.59 Å². The lowest BCUT2D eigenvalue weighted by Crippen LogP contribution is -2.27. The fraction of sp³-hybridized carbons (Fsp3) is 0.571. The molecular formula is C7H13N3O3S. The Balaban J connectivity index is 3.36. The van der Waals surface area contributed by atoms with Gasteiger partial charge >= 0.3 is 5.97 Å². The highest BCUT2D eigenvalue weighted by Crippen LogP contribution is 1.96. The second kappa shape index (κ2) is 7.19. The number of nitrogens with two attached hydrogens (primary N) is 1. The molecule has 0 unspecified atom stereocenters. The molecule has 0 saturated carbocycles. The fourth-order valence-electron chi connectivity index (χ4n) is 0.662. The number of carboxylic acid groups (broad SMARTS) is 1. The Labute approximate surface area is 85.7 Å². The summed E-state index contributed by atoms with van der Waals surface area (Å²) >= 11 is 0.936. The molecule has 0 aliphatic carbocycles. The van der Waals surface area contributed by atoms with Gasteiger partial charge in [0.25, 0.3) is 0 Å². The van der Waals surface area contributed by atoms with Gasteiger partial charge in [0.1, 0.15) is 0 Å². The van der Waals surface area contributed by atoms with E-state index in [0.29, 0.717) is 13.0 Å². The van der Waals surface area contributed by atoms with Crippen molar-refractivity contribution < 1.29 is 14.7 Å². The summed E-state index contributed by atoms with van der Waals surface area (Å²) in [5.74, 6) is -1.02. The fourth-order valence-corrected chi connectivity index (χ4v) is 1.05. The molecular weight excluding hydrogens is 206 g/mol. The van der Waals surface area contributed by atoms with Gasteiger partial charge in [-0.05, 0) is 6.42 Å². The van der Waals surface area contributed by atoms with Gasteiger partial charge in [0.05, 0.1) is 5.75 Å². The van der Waals surface area contributed by atoms with E-state index < -0.39 is 5.97 Å². The number of amidine groups is 1. The molecule has 0 rings (SSSR count). The summed E-state index contributed by atoms with van der Waals surface area (Å²) in [7, 11) is 0. The Morgan fingerprint density at radius 1 is 1.50 bits per heavy atom. The first-order valence-corrected chi connectivity index (χ1v) is 4.96. The number of hydrogen-bond acceptors (Lipinski definition) is 4. The van der Waals surface area contributed by atoms with Gasteiger partial charge in [-0.15, -0.1) is 0 Å². The third kappa shape index (κ3) is 8.85.